The molecule has 0 bridgehead atoms. The van der Waals surface area contributed by atoms with Gasteiger partial charge in [-0.25, -0.2) is 0 Å². The SMILES string of the molecule is CCC[CH2][Zr](=[O])([CH2]CCC)([CH2]CCC)[CH2]CCC. The molecule has 0 N–H and O–H groups in total. The van der Waals surface area contributed by atoms with E-state index in [1.165, 1.54) is 51.4 Å². The second-order valence-electron chi connectivity index (χ2n) is 6.49. The molecule has 0 aromatic rings. The van der Waals surface area contributed by atoms with Crippen molar-refractivity contribution in [3.63, 3.8) is 0 Å². The maximum absolute atomic E-state index is 13.9. The van der Waals surface area contributed by atoms with Gasteiger partial charge in [0, 0.05) is 0 Å². The van der Waals surface area contributed by atoms with E-state index in [1.54, 1.807) is 0 Å². The first-order valence-corrected chi connectivity index (χ1v) is 16.4. The minimum atomic E-state index is -3.59. The molecule has 18 heavy (non-hydrogen) atoms. The van der Waals surface area contributed by atoms with Crippen molar-refractivity contribution in [3.05, 3.63) is 0 Å². The molecular formula is C16H36OZr. The molecule has 0 atom stereocenters. The molecule has 0 rings (SSSR count). The van der Waals surface area contributed by atoms with Gasteiger partial charge in [0.2, 0.25) is 0 Å². The van der Waals surface area contributed by atoms with Gasteiger partial charge >= 0.3 is 117 Å². The van der Waals surface area contributed by atoms with Gasteiger partial charge in [-0.05, 0) is 0 Å². The van der Waals surface area contributed by atoms with E-state index in [0.29, 0.717) is 0 Å². The first kappa shape index (κ1) is 18.7. The van der Waals surface area contributed by atoms with Crippen molar-refractivity contribution in [2.75, 3.05) is 0 Å². The van der Waals surface area contributed by atoms with Gasteiger partial charge in [-0.2, -0.15) is 0 Å². The van der Waals surface area contributed by atoms with Crippen molar-refractivity contribution in [2.24, 2.45) is 0 Å². The van der Waals surface area contributed by atoms with E-state index < -0.39 is 18.8 Å². The molecule has 0 saturated carbocycles. The zero-order valence-corrected chi connectivity index (χ0v) is 15.9. The Morgan fingerprint density at radius 1 is 0.556 bits per heavy atom. The van der Waals surface area contributed by atoms with Crippen molar-refractivity contribution >= 4 is 0 Å². The van der Waals surface area contributed by atoms with Gasteiger partial charge in [0.25, 0.3) is 0 Å². The van der Waals surface area contributed by atoms with Gasteiger partial charge in [0.05, 0.1) is 0 Å². The van der Waals surface area contributed by atoms with Gasteiger partial charge in [0.1, 0.15) is 0 Å². The van der Waals surface area contributed by atoms with Gasteiger partial charge in [-0.1, -0.05) is 0 Å². The van der Waals surface area contributed by atoms with Crippen LogP contribution in [0, 0.1) is 0 Å². The van der Waals surface area contributed by atoms with Crippen LogP contribution < -0.4 is 0 Å². The monoisotopic (exact) mass is 334 g/mol. The molecule has 0 radical (unpaired) electrons. The van der Waals surface area contributed by atoms with Crippen LogP contribution in [0.1, 0.15) is 79.1 Å². The Hall–Kier alpha value is 0.683. The average Bonchev–Trinajstić information content (AvgIpc) is 2.40. The molecular weight excluding hydrogens is 299 g/mol. The summed E-state index contributed by atoms with van der Waals surface area (Å²) >= 11 is -3.59. The second-order valence-corrected chi connectivity index (χ2v) is 21.6. The number of hydrogen-bond donors (Lipinski definition) is 0. The number of hydrogen-bond acceptors (Lipinski definition) is 1. The van der Waals surface area contributed by atoms with Crippen LogP contribution in [-0.4, -0.2) is 0 Å². The summed E-state index contributed by atoms with van der Waals surface area (Å²) in [5.74, 6) is 0. The first-order valence-electron chi connectivity index (χ1n) is 8.45. The zero-order valence-electron chi connectivity index (χ0n) is 13.4. The normalized spacial score (nSPS) is 12.9. The molecule has 0 aliphatic rings. The topological polar surface area (TPSA) is 17.1 Å². The third kappa shape index (κ3) is 6.74. The summed E-state index contributed by atoms with van der Waals surface area (Å²) < 4.78 is 18.4. The van der Waals surface area contributed by atoms with Gasteiger partial charge in [-0.15, -0.1) is 0 Å². The zero-order chi connectivity index (χ0) is 13.9. The summed E-state index contributed by atoms with van der Waals surface area (Å²) in [5, 5.41) is 0. The predicted molar refractivity (Wildman–Crippen MR) is 79.5 cm³/mol. The molecule has 2 heteroatoms. The van der Waals surface area contributed by atoms with Crippen LogP contribution in [0.2, 0.25) is 16.5 Å². The third-order valence-electron chi connectivity index (χ3n) is 4.65. The maximum atomic E-state index is 13.9. The van der Waals surface area contributed by atoms with Crippen LogP contribution in [0.3, 0.4) is 0 Å². The van der Waals surface area contributed by atoms with E-state index in [1.807, 2.05) is 0 Å². The molecule has 0 aliphatic carbocycles. The van der Waals surface area contributed by atoms with E-state index >= 15 is 0 Å². The fourth-order valence-electron chi connectivity index (χ4n) is 3.25. The van der Waals surface area contributed by atoms with Crippen molar-refractivity contribution in [2.45, 2.75) is 95.6 Å². The Balaban J connectivity index is 4.89. The Bertz CT molecular complexity index is 204. The quantitative estimate of drug-likeness (QED) is 0.379. The summed E-state index contributed by atoms with van der Waals surface area (Å²) in [7, 11) is 0. The van der Waals surface area contributed by atoms with Gasteiger partial charge in [0.15, 0.2) is 0 Å². The molecule has 0 aliphatic heterocycles. The van der Waals surface area contributed by atoms with E-state index in [-0.39, 0.29) is 0 Å². The van der Waals surface area contributed by atoms with Crippen LogP contribution in [0.15, 0.2) is 0 Å². The molecule has 0 saturated heterocycles. The fraction of sp³-hybridized carbons (Fsp3) is 1.00. The van der Waals surface area contributed by atoms with Gasteiger partial charge < -0.3 is 0 Å². The van der Waals surface area contributed by atoms with Crippen LogP contribution >= 0.6 is 0 Å². The minimum absolute atomic E-state index is 1.11. The van der Waals surface area contributed by atoms with E-state index in [2.05, 4.69) is 27.7 Å². The van der Waals surface area contributed by atoms with Crippen molar-refractivity contribution in [3.8, 4) is 0 Å². The summed E-state index contributed by atoms with van der Waals surface area (Å²) in [6.07, 6.45) is 9.62. The summed E-state index contributed by atoms with van der Waals surface area (Å²) in [5.41, 5.74) is 0. The standard InChI is InChI=1S/4C4H9.O.Zr/c4*1-3-4-2;;/h4*1,3-4H2,2H3;;. The average molecular weight is 336 g/mol. The van der Waals surface area contributed by atoms with Crippen LogP contribution in [-0.2, 0) is 21.6 Å². The third-order valence-corrected chi connectivity index (χ3v) is 20.6. The van der Waals surface area contributed by atoms with Crippen molar-refractivity contribution in [1.29, 1.82) is 0 Å². The Morgan fingerprint density at radius 3 is 0.944 bits per heavy atom. The molecule has 0 heterocycles. The van der Waals surface area contributed by atoms with Crippen molar-refractivity contribution in [1.82, 2.24) is 0 Å². The van der Waals surface area contributed by atoms with Crippen LogP contribution in [0.5, 0.6) is 0 Å². The molecule has 0 aromatic heterocycles. The second kappa shape index (κ2) is 9.57. The predicted octanol–water partition coefficient (Wildman–Crippen LogP) is 6.90. The first-order chi connectivity index (χ1) is 8.54. The summed E-state index contributed by atoms with van der Waals surface area (Å²) in [6, 6.07) is 0. The van der Waals surface area contributed by atoms with E-state index in [4.69, 9.17) is 0 Å². The van der Waals surface area contributed by atoms with Gasteiger partial charge in [-0.3, -0.25) is 0 Å². The summed E-state index contributed by atoms with van der Waals surface area (Å²) in [4.78, 5) is 0. The Kier molecular flexibility index (Phi) is 9.93. The van der Waals surface area contributed by atoms with Crippen molar-refractivity contribution < 1.29 is 21.6 Å². The summed E-state index contributed by atoms with van der Waals surface area (Å²) in [6.45, 7) is 8.94. The van der Waals surface area contributed by atoms with Crippen LogP contribution in [0.4, 0.5) is 0 Å². The van der Waals surface area contributed by atoms with E-state index in [0.717, 1.165) is 16.5 Å². The number of unbranched alkanes of at least 4 members (excludes halogenated alkanes) is 4. The van der Waals surface area contributed by atoms with E-state index in [9.17, 15) is 2.81 Å². The molecule has 110 valence electrons. The molecule has 1 nitrogen and oxygen atoms in total. The number of rotatable bonds is 12. The molecule has 0 unspecified atom stereocenters. The molecule has 0 aromatic carbocycles. The molecule has 0 fully saturated rings. The van der Waals surface area contributed by atoms with Crippen LogP contribution in [0.25, 0.3) is 0 Å². The molecule has 0 amide bonds. The Labute approximate surface area is 117 Å². The fourth-order valence-corrected chi connectivity index (χ4v) is 19.2. The molecule has 0 spiro atoms. The Morgan fingerprint density at radius 2 is 0.778 bits per heavy atom.